The van der Waals surface area contributed by atoms with Crippen LogP contribution < -0.4 is 0 Å². The summed E-state index contributed by atoms with van der Waals surface area (Å²) in [4.78, 5) is 10.9. The summed E-state index contributed by atoms with van der Waals surface area (Å²) < 4.78 is 44.0. The Bertz CT molecular complexity index is 666. The maximum absolute atomic E-state index is 13.0. The van der Waals surface area contributed by atoms with E-state index in [9.17, 15) is 17.6 Å². The second kappa shape index (κ2) is 5.88. The minimum Gasteiger partial charge on any atom is -0.480 e. The fourth-order valence-electron chi connectivity index (χ4n) is 2.24. The van der Waals surface area contributed by atoms with Crippen molar-refractivity contribution in [3.8, 4) is 0 Å². The molecular weight excluding hydrogens is 325 g/mol. The summed E-state index contributed by atoms with van der Waals surface area (Å²) >= 11 is 5.77. The Labute approximate surface area is 126 Å². The highest BCUT2D eigenvalue weighted by Crippen LogP contribution is 2.31. The van der Waals surface area contributed by atoms with E-state index < -0.39 is 34.0 Å². The average molecular weight is 338 g/mol. The van der Waals surface area contributed by atoms with Gasteiger partial charge in [0, 0.05) is 20.1 Å². The molecule has 1 fully saturated rings. The Kier molecular flexibility index (Phi) is 4.52. The number of sulfonamides is 1. The van der Waals surface area contributed by atoms with Crippen molar-refractivity contribution in [1.29, 1.82) is 0 Å². The molecule has 116 valence electrons. The molecule has 2 rings (SSSR count). The Morgan fingerprint density at radius 3 is 2.71 bits per heavy atom. The van der Waals surface area contributed by atoms with Crippen LogP contribution in [0, 0.1) is 5.82 Å². The predicted molar refractivity (Wildman–Crippen MR) is 72.1 cm³/mol. The van der Waals surface area contributed by atoms with Gasteiger partial charge in [-0.1, -0.05) is 11.6 Å². The van der Waals surface area contributed by atoms with Gasteiger partial charge in [0.2, 0.25) is 10.0 Å². The number of benzene rings is 1. The monoisotopic (exact) mass is 337 g/mol. The molecule has 0 amide bonds. The van der Waals surface area contributed by atoms with Gasteiger partial charge in [0.05, 0.1) is 11.1 Å². The van der Waals surface area contributed by atoms with Crippen molar-refractivity contribution in [2.45, 2.75) is 23.5 Å². The fraction of sp³-hybridized carbons (Fsp3) is 0.417. The van der Waals surface area contributed by atoms with Crippen LogP contribution in [0.2, 0.25) is 5.02 Å². The summed E-state index contributed by atoms with van der Waals surface area (Å²) in [6.45, 7) is -0.0937. The molecule has 2 atom stereocenters. The maximum Gasteiger partial charge on any atom is 0.322 e. The molecule has 1 heterocycles. The van der Waals surface area contributed by atoms with Crippen molar-refractivity contribution in [3.63, 3.8) is 0 Å². The summed E-state index contributed by atoms with van der Waals surface area (Å²) in [7, 11) is -2.77. The maximum atomic E-state index is 13.0. The fourth-order valence-corrected chi connectivity index (χ4v) is 4.37. The van der Waals surface area contributed by atoms with Crippen LogP contribution >= 0.6 is 11.6 Å². The van der Waals surface area contributed by atoms with Gasteiger partial charge < -0.3 is 9.84 Å². The molecule has 2 unspecified atom stereocenters. The van der Waals surface area contributed by atoms with Crippen LogP contribution in [0.3, 0.4) is 0 Å². The summed E-state index contributed by atoms with van der Waals surface area (Å²) in [5, 5.41) is 8.87. The highest BCUT2D eigenvalue weighted by atomic mass is 35.5. The van der Waals surface area contributed by atoms with Crippen molar-refractivity contribution in [2.75, 3.05) is 13.7 Å². The first-order valence-electron chi connectivity index (χ1n) is 6.00. The number of carboxylic acids is 1. The highest BCUT2D eigenvalue weighted by Gasteiger charge is 2.44. The van der Waals surface area contributed by atoms with Crippen LogP contribution in [0.25, 0.3) is 0 Å². The summed E-state index contributed by atoms with van der Waals surface area (Å²) in [6.07, 6.45) is -0.468. The molecule has 0 saturated carbocycles. The molecule has 0 spiro atoms. The molecule has 0 radical (unpaired) electrons. The van der Waals surface area contributed by atoms with Gasteiger partial charge in [-0.15, -0.1) is 0 Å². The zero-order chi connectivity index (χ0) is 15.8. The summed E-state index contributed by atoms with van der Waals surface area (Å²) in [5.74, 6) is -1.94. The molecule has 21 heavy (non-hydrogen) atoms. The van der Waals surface area contributed by atoms with E-state index in [1.54, 1.807) is 0 Å². The highest BCUT2D eigenvalue weighted by molar-refractivity contribution is 7.89. The Balaban J connectivity index is 2.44. The molecule has 1 N–H and O–H groups in total. The molecule has 0 aromatic heterocycles. The number of carboxylic acid groups (broad SMARTS) is 1. The topological polar surface area (TPSA) is 83.9 Å². The van der Waals surface area contributed by atoms with Gasteiger partial charge >= 0.3 is 5.97 Å². The molecule has 6 nitrogen and oxygen atoms in total. The minimum atomic E-state index is -4.15. The Morgan fingerprint density at radius 2 is 2.19 bits per heavy atom. The third-order valence-electron chi connectivity index (χ3n) is 3.32. The molecule has 1 aromatic carbocycles. The summed E-state index contributed by atoms with van der Waals surface area (Å²) in [6, 6.07) is 1.61. The van der Waals surface area contributed by atoms with Gasteiger partial charge in [0.15, 0.2) is 0 Å². The van der Waals surface area contributed by atoms with Crippen molar-refractivity contribution < 1.29 is 27.4 Å². The lowest BCUT2D eigenvalue weighted by Crippen LogP contribution is -2.40. The van der Waals surface area contributed by atoms with E-state index in [1.165, 1.54) is 7.11 Å². The first kappa shape index (κ1) is 16.2. The van der Waals surface area contributed by atoms with Crippen LogP contribution in [0.1, 0.15) is 6.42 Å². The number of ether oxygens (including phenoxy) is 1. The van der Waals surface area contributed by atoms with Crippen molar-refractivity contribution >= 4 is 27.6 Å². The van der Waals surface area contributed by atoms with E-state index in [4.69, 9.17) is 21.4 Å². The van der Waals surface area contributed by atoms with Gasteiger partial charge in [-0.2, -0.15) is 4.31 Å². The third kappa shape index (κ3) is 3.03. The number of hydrogen-bond donors (Lipinski definition) is 1. The molecule has 1 aromatic rings. The first-order valence-corrected chi connectivity index (χ1v) is 7.81. The van der Waals surface area contributed by atoms with Crippen LogP contribution in [0.15, 0.2) is 23.1 Å². The first-order chi connectivity index (χ1) is 9.77. The molecule has 1 aliphatic rings. The second-order valence-corrected chi connectivity index (χ2v) is 6.86. The van der Waals surface area contributed by atoms with Crippen molar-refractivity contribution in [1.82, 2.24) is 4.31 Å². The average Bonchev–Trinajstić information content (AvgIpc) is 2.83. The van der Waals surface area contributed by atoms with Gasteiger partial charge in [0.25, 0.3) is 0 Å². The number of nitrogens with zero attached hydrogens (tertiary/aromatic N) is 1. The van der Waals surface area contributed by atoms with E-state index in [0.717, 1.165) is 22.5 Å². The van der Waals surface area contributed by atoms with Crippen LogP contribution in [-0.2, 0) is 19.6 Å². The van der Waals surface area contributed by atoms with Crippen molar-refractivity contribution in [3.05, 3.63) is 29.0 Å². The van der Waals surface area contributed by atoms with Crippen LogP contribution in [0.4, 0.5) is 4.39 Å². The van der Waals surface area contributed by atoms with Gasteiger partial charge in [-0.05, 0) is 18.2 Å². The number of hydrogen-bond acceptors (Lipinski definition) is 4. The standard InChI is InChI=1S/C12H13ClFNO5S/c1-20-8-5-10(12(16)17)15(6-8)21(18,19)11-3-2-7(14)4-9(11)13/h2-4,8,10H,5-6H2,1H3,(H,16,17). The predicted octanol–water partition coefficient (Wildman–Crippen LogP) is 1.34. The molecule has 1 saturated heterocycles. The summed E-state index contributed by atoms with van der Waals surface area (Å²) in [5.41, 5.74) is 0. The van der Waals surface area contributed by atoms with Gasteiger partial charge in [-0.3, -0.25) is 4.79 Å². The third-order valence-corrected chi connectivity index (χ3v) is 5.67. The van der Waals surface area contributed by atoms with E-state index >= 15 is 0 Å². The van der Waals surface area contributed by atoms with Crippen molar-refractivity contribution in [2.24, 2.45) is 0 Å². The molecular formula is C12H13ClFNO5S. The normalized spacial score (nSPS) is 23.4. The zero-order valence-corrected chi connectivity index (χ0v) is 12.6. The lowest BCUT2D eigenvalue weighted by Gasteiger charge is -2.21. The smallest absolute Gasteiger partial charge is 0.322 e. The number of halogens is 2. The van der Waals surface area contributed by atoms with E-state index in [1.807, 2.05) is 0 Å². The molecule has 0 aliphatic carbocycles. The number of rotatable bonds is 4. The Hall–Kier alpha value is -1.22. The van der Waals surface area contributed by atoms with Crippen LogP contribution in [0.5, 0.6) is 0 Å². The second-order valence-electron chi connectivity index (χ2n) is 4.60. The van der Waals surface area contributed by atoms with Gasteiger partial charge in [0.1, 0.15) is 16.8 Å². The van der Waals surface area contributed by atoms with Gasteiger partial charge in [-0.25, -0.2) is 12.8 Å². The quantitative estimate of drug-likeness (QED) is 0.896. The lowest BCUT2D eigenvalue weighted by atomic mass is 10.2. The van der Waals surface area contributed by atoms with Crippen LogP contribution in [-0.4, -0.2) is 49.6 Å². The minimum absolute atomic E-state index is 0.0455. The Morgan fingerprint density at radius 1 is 1.52 bits per heavy atom. The lowest BCUT2D eigenvalue weighted by molar-refractivity contribution is -0.140. The van der Waals surface area contributed by atoms with E-state index in [-0.39, 0.29) is 22.9 Å². The molecule has 9 heteroatoms. The SMILES string of the molecule is COC1CC(C(=O)O)N(S(=O)(=O)c2ccc(F)cc2Cl)C1. The zero-order valence-electron chi connectivity index (χ0n) is 11.0. The molecule has 1 aliphatic heterocycles. The largest absolute Gasteiger partial charge is 0.480 e. The number of carbonyl (C=O) groups is 1. The molecule has 0 bridgehead atoms. The van der Waals surface area contributed by atoms with E-state index in [2.05, 4.69) is 0 Å². The van der Waals surface area contributed by atoms with E-state index in [0.29, 0.717) is 0 Å². The number of aliphatic carboxylic acids is 1. The number of methoxy groups -OCH3 is 1.